The van der Waals surface area contributed by atoms with Gasteiger partial charge in [-0.15, -0.1) is 11.3 Å². The summed E-state index contributed by atoms with van der Waals surface area (Å²) in [5, 5.41) is 2.30. The highest BCUT2D eigenvalue weighted by Gasteiger charge is 2.13. The van der Waals surface area contributed by atoms with Crippen molar-refractivity contribution >= 4 is 23.2 Å². The molecule has 0 spiro atoms. The van der Waals surface area contributed by atoms with Gasteiger partial charge in [-0.25, -0.2) is 15.0 Å². The van der Waals surface area contributed by atoms with Gasteiger partial charge in [0.1, 0.15) is 5.69 Å². The maximum Gasteiger partial charge on any atom is 0.289 e. The molecule has 3 aromatic rings. The van der Waals surface area contributed by atoms with Crippen LogP contribution in [0.5, 0.6) is 0 Å². The number of carbonyl (C=O) groups excluding carboxylic acids is 1. The van der Waals surface area contributed by atoms with E-state index in [9.17, 15) is 4.79 Å². The van der Waals surface area contributed by atoms with E-state index in [-0.39, 0.29) is 5.91 Å². The first-order chi connectivity index (χ1) is 9.83. The summed E-state index contributed by atoms with van der Waals surface area (Å²) < 4.78 is 5.22. The van der Waals surface area contributed by atoms with Gasteiger partial charge in [0.2, 0.25) is 5.95 Å². The van der Waals surface area contributed by atoms with Crippen LogP contribution in [0.1, 0.15) is 10.5 Å². The summed E-state index contributed by atoms with van der Waals surface area (Å²) in [7, 11) is 0. The molecule has 0 fully saturated rings. The maximum atomic E-state index is 11.9. The van der Waals surface area contributed by atoms with E-state index in [4.69, 9.17) is 4.42 Å². The average molecular weight is 287 g/mol. The molecule has 2 N–H and O–H groups in total. The van der Waals surface area contributed by atoms with Crippen molar-refractivity contribution in [3.8, 4) is 10.8 Å². The lowest BCUT2D eigenvalue weighted by Gasteiger charge is -2.04. The Hall–Kier alpha value is -2.74. The Morgan fingerprint density at radius 2 is 2.10 bits per heavy atom. The van der Waals surface area contributed by atoms with Crippen LogP contribution in [0.15, 0.2) is 46.7 Å². The molecule has 0 saturated carbocycles. The van der Waals surface area contributed by atoms with Crippen molar-refractivity contribution in [1.29, 1.82) is 0 Å². The predicted molar refractivity (Wildman–Crippen MR) is 72.9 cm³/mol. The van der Waals surface area contributed by atoms with E-state index in [0.717, 1.165) is 0 Å². The minimum atomic E-state index is -0.369. The van der Waals surface area contributed by atoms with Crippen molar-refractivity contribution in [1.82, 2.24) is 20.4 Å². The van der Waals surface area contributed by atoms with E-state index >= 15 is 0 Å². The summed E-state index contributed by atoms with van der Waals surface area (Å²) in [4.78, 5) is 23.9. The minimum Gasteiger partial charge on any atom is -0.462 e. The number of furan rings is 1. The van der Waals surface area contributed by atoms with Crippen molar-refractivity contribution in [3.63, 3.8) is 0 Å². The summed E-state index contributed by atoms with van der Waals surface area (Å²) in [5.41, 5.74) is 5.38. The van der Waals surface area contributed by atoms with Gasteiger partial charge >= 0.3 is 0 Å². The molecule has 20 heavy (non-hydrogen) atoms. The zero-order chi connectivity index (χ0) is 13.8. The lowest BCUT2D eigenvalue weighted by atomic mass is 10.4. The van der Waals surface area contributed by atoms with Gasteiger partial charge in [0.15, 0.2) is 10.8 Å². The Morgan fingerprint density at radius 1 is 1.25 bits per heavy atom. The number of nitrogens with zero attached hydrogens (tertiary/aromatic N) is 3. The molecule has 0 radical (unpaired) electrons. The fourth-order valence-corrected chi connectivity index (χ4v) is 2.20. The number of amides is 1. The van der Waals surface area contributed by atoms with Crippen molar-refractivity contribution in [3.05, 3.63) is 47.9 Å². The second kappa shape index (κ2) is 5.49. The highest BCUT2D eigenvalue weighted by Crippen LogP contribution is 2.23. The van der Waals surface area contributed by atoms with Gasteiger partial charge < -0.3 is 4.42 Å². The molecule has 0 saturated heterocycles. The average Bonchev–Trinajstić information content (AvgIpc) is 3.16. The van der Waals surface area contributed by atoms with E-state index in [1.165, 1.54) is 11.3 Å². The van der Waals surface area contributed by atoms with Crippen LogP contribution >= 0.6 is 11.3 Å². The molecule has 3 aromatic heterocycles. The highest BCUT2D eigenvalue weighted by atomic mass is 32.1. The normalized spacial score (nSPS) is 10.2. The molecule has 8 heteroatoms. The molecular weight excluding hydrogens is 278 g/mol. The summed E-state index contributed by atoms with van der Waals surface area (Å²) in [6.45, 7) is 0. The standard InChI is InChI=1S/C12H9N5O2S/c18-10(16-17-12-13-4-2-5-14-12)8-7-20-11(15-8)9-3-1-6-19-9/h1-7H,(H,16,18)(H,13,14,17). The highest BCUT2D eigenvalue weighted by molar-refractivity contribution is 7.13. The molecule has 0 aromatic carbocycles. The molecule has 7 nitrogen and oxygen atoms in total. The minimum absolute atomic E-state index is 0.296. The SMILES string of the molecule is O=C(NNc1ncccn1)c1csc(-c2ccco2)n1. The molecule has 0 bridgehead atoms. The first kappa shape index (κ1) is 12.3. The summed E-state index contributed by atoms with van der Waals surface area (Å²) in [6.07, 6.45) is 4.70. The third-order valence-electron chi connectivity index (χ3n) is 2.32. The first-order valence-electron chi connectivity index (χ1n) is 5.66. The molecule has 0 aliphatic heterocycles. The number of hydrogen-bond acceptors (Lipinski definition) is 7. The molecule has 0 unspecified atom stereocenters. The summed E-state index contributed by atoms with van der Waals surface area (Å²) >= 11 is 1.33. The van der Waals surface area contributed by atoms with Crippen molar-refractivity contribution in [2.45, 2.75) is 0 Å². The molecule has 1 amide bonds. The number of hydrazine groups is 1. The Labute approximate surface area is 117 Å². The lowest BCUT2D eigenvalue weighted by Crippen LogP contribution is -2.30. The van der Waals surface area contributed by atoms with Gasteiger partial charge in [0.05, 0.1) is 6.26 Å². The van der Waals surface area contributed by atoms with Gasteiger partial charge in [-0.2, -0.15) is 0 Å². The van der Waals surface area contributed by atoms with Crippen LogP contribution in [0.2, 0.25) is 0 Å². The van der Waals surface area contributed by atoms with Gasteiger partial charge in [-0.05, 0) is 18.2 Å². The second-order valence-electron chi connectivity index (χ2n) is 3.67. The number of thiazole rings is 1. The van der Waals surface area contributed by atoms with Crippen LogP contribution in [-0.4, -0.2) is 20.9 Å². The predicted octanol–water partition coefficient (Wildman–Crippen LogP) is 1.95. The van der Waals surface area contributed by atoms with Crippen LogP contribution in [0.3, 0.4) is 0 Å². The number of rotatable bonds is 4. The van der Waals surface area contributed by atoms with E-state index in [1.807, 2.05) is 0 Å². The quantitative estimate of drug-likeness (QED) is 0.712. The van der Waals surface area contributed by atoms with Gasteiger partial charge in [-0.3, -0.25) is 15.6 Å². The zero-order valence-corrected chi connectivity index (χ0v) is 10.9. The van der Waals surface area contributed by atoms with Crippen LogP contribution in [0.4, 0.5) is 5.95 Å². The van der Waals surface area contributed by atoms with Crippen molar-refractivity contribution in [2.24, 2.45) is 0 Å². The lowest BCUT2D eigenvalue weighted by molar-refractivity contribution is 0.0958. The Kier molecular flexibility index (Phi) is 3.38. The van der Waals surface area contributed by atoms with E-state index in [0.29, 0.717) is 22.4 Å². The van der Waals surface area contributed by atoms with Crippen molar-refractivity contribution < 1.29 is 9.21 Å². The largest absolute Gasteiger partial charge is 0.462 e. The number of hydrogen-bond donors (Lipinski definition) is 2. The summed E-state index contributed by atoms with van der Waals surface area (Å²) in [5.74, 6) is 0.572. The monoisotopic (exact) mass is 287 g/mol. The molecule has 3 heterocycles. The number of anilines is 1. The van der Waals surface area contributed by atoms with E-state index in [1.54, 1.807) is 42.2 Å². The topological polar surface area (TPSA) is 92.9 Å². The number of nitrogens with one attached hydrogen (secondary N) is 2. The fraction of sp³-hybridized carbons (Fsp3) is 0. The third kappa shape index (κ3) is 2.64. The zero-order valence-electron chi connectivity index (χ0n) is 10.1. The van der Waals surface area contributed by atoms with Crippen LogP contribution in [0.25, 0.3) is 10.8 Å². The molecule has 0 atom stereocenters. The van der Waals surface area contributed by atoms with Gasteiger partial charge in [-0.1, -0.05) is 0 Å². The molecule has 100 valence electrons. The third-order valence-corrected chi connectivity index (χ3v) is 3.18. The maximum absolute atomic E-state index is 11.9. The van der Waals surface area contributed by atoms with Crippen molar-refractivity contribution in [2.75, 3.05) is 5.43 Å². The van der Waals surface area contributed by atoms with Crippen LogP contribution in [0, 0.1) is 0 Å². The smallest absolute Gasteiger partial charge is 0.289 e. The summed E-state index contributed by atoms with van der Waals surface area (Å²) in [6, 6.07) is 5.24. The van der Waals surface area contributed by atoms with Crippen LogP contribution < -0.4 is 10.9 Å². The molecule has 0 aliphatic carbocycles. The Balaban J connectivity index is 1.66. The first-order valence-corrected chi connectivity index (χ1v) is 6.53. The molecular formula is C12H9N5O2S. The van der Waals surface area contributed by atoms with E-state index < -0.39 is 0 Å². The van der Waals surface area contributed by atoms with E-state index in [2.05, 4.69) is 25.8 Å². The molecule has 0 aliphatic rings. The number of carbonyl (C=O) groups is 1. The van der Waals surface area contributed by atoms with Crippen LogP contribution in [-0.2, 0) is 0 Å². The number of aromatic nitrogens is 3. The van der Waals surface area contributed by atoms with Gasteiger partial charge in [0.25, 0.3) is 5.91 Å². The fourth-order valence-electron chi connectivity index (χ4n) is 1.43. The van der Waals surface area contributed by atoms with Gasteiger partial charge in [0, 0.05) is 17.8 Å². The second-order valence-corrected chi connectivity index (χ2v) is 4.52. The molecule has 3 rings (SSSR count). The Bertz CT molecular complexity index is 696. The Morgan fingerprint density at radius 3 is 2.85 bits per heavy atom.